The predicted molar refractivity (Wildman–Crippen MR) is 77.7 cm³/mol. The van der Waals surface area contributed by atoms with E-state index in [-0.39, 0.29) is 12.3 Å². The maximum atomic E-state index is 11.8. The molecule has 0 aliphatic rings. The van der Waals surface area contributed by atoms with E-state index in [1.807, 2.05) is 25.1 Å². The third-order valence-electron chi connectivity index (χ3n) is 2.38. The van der Waals surface area contributed by atoms with E-state index in [0.29, 0.717) is 10.8 Å². The fourth-order valence-electron chi connectivity index (χ4n) is 1.51. The van der Waals surface area contributed by atoms with Crippen LogP contribution < -0.4 is 11.1 Å². The van der Waals surface area contributed by atoms with Crippen molar-refractivity contribution < 1.29 is 4.79 Å². The number of hydrogen-bond acceptors (Lipinski definition) is 4. The molecule has 2 rings (SSSR count). The summed E-state index contributed by atoms with van der Waals surface area (Å²) < 4.78 is 0.899. The molecular formula is C12H12BrN3OS. The summed E-state index contributed by atoms with van der Waals surface area (Å²) in [5.74, 6) is -0.105. The molecule has 4 nitrogen and oxygen atoms in total. The molecule has 1 heterocycles. The van der Waals surface area contributed by atoms with Crippen molar-refractivity contribution in [2.45, 2.75) is 13.3 Å². The smallest absolute Gasteiger partial charge is 0.230 e. The molecule has 0 fully saturated rings. The molecule has 2 aromatic rings. The summed E-state index contributed by atoms with van der Waals surface area (Å²) >= 11 is 4.79. The number of rotatable bonds is 3. The number of carbonyl (C=O) groups excluding carboxylic acids is 1. The molecule has 94 valence electrons. The fourth-order valence-corrected chi connectivity index (χ4v) is 2.43. The number of thiazole rings is 1. The van der Waals surface area contributed by atoms with Gasteiger partial charge in [0.2, 0.25) is 5.91 Å². The Morgan fingerprint density at radius 2 is 2.33 bits per heavy atom. The van der Waals surface area contributed by atoms with Gasteiger partial charge in [-0.3, -0.25) is 4.79 Å². The molecule has 18 heavy (non-hydrogen) atoms. The number of nitrogens with zero attached hydrogens (tertiary/aromatic N) is 1. The molecule has 6 heteroatoms. The Bertz CT molecular complexity index is 582. The zero-order valence-electron chi connectivity index (χ0n) is 9.74. The molecule has 1 aromatic heterocycles. The summed E-state index contributed by atoms with van der Waals surface area (Å²) in [6, 6.07) is 5.72. The first kappa shape index (κ1) is 13.0. The average molecular weight is 326 g/mol. The van der Waals surface area contributed by atoms with Crippen LogP contribution in [0.15, 0.2) is 28.1 Å². The number of carbonyl (C=O) groups is 1. The number of aryl methyl sites for hydroxylation is 1. The van der Waals surface area contributed by atoms with Crippen LogP contribution >= 0.6 is 27.3 Å². The van der Waals surface area contributed by atoms with Crippen molar-refractivity contribution in [3.8, 4) is 0 Å². The Balaban J connectivity index is 2.05. The number of nitrogens with one attached hydrogen (secondary N) is 1. The lowest BCUT2D eigenvalue weighted by molar-refractivity contribution is -0.115. The Hall–Kier alpha value is -1.40. The van der Waals surface area contributed by atoms with Crippen LogP contribution in [0.4, 0.5) is 10.8 Å². The molecule has 3 N–H and O–H groups in total. The summed E-state index contributed by atoms with van der Waals surface area (Å²) in [7, 11) is 0. The normalized spacial score (nSPS) is 10.3. The Morgan fingerprint density at radius 3 is 3.00 bits per heavy atom. The lowest BCUT2D eigenvalue weighted by Crippen LogP contribution is -2.15. The van der Waals surface area contributed by atoms with Gasteiger partial charge < -0.3 is 11.1 Å². The molecule has 0 spiro atoms. The second-order valence-electron chi connectivity index (χ2n) is 3.84. The first-order valence-electron chi connectivity index (χ1n) is 5.31. The van der Waals surface area contributed by atoms with Gasteiger partial charge in [0.1, 0.15) is 0 Å². The number of halogens is 1. The number of aromatic nitrogens is 1. The van der Waals surface area contributed by atoms with E-state index in [1.54, 1.807) is 5.38 Å². The summed E-state index contributed by atoms with van der Waals surface area (Å²) in [6.45, 7) is 1.97. The van der Waals surface area contributed by atoms with Gasteiger partial charge in [0.15, 0.2) is 5.13 Å². The van der Waals surface area contributed by atoms with Crippen LogP contribution in [0.2, 0.25) is 0 Å². The zero-order valence-corrected chi connectivity index (χ0v) is 12.1. The number of amides is 1. The fraction of sp³-hybridized carbons (Fsp3) is 0.167. The summed E-state index contributed by atoms with van der Waals surface area (Å²) in [5.41, 5.74) is 8.05. The third kappa shape index (κ3) is 3.08. The standard InChI is InChI=1S/C12H12BrN3OS/c1-7-3-2-4-9(11(7)13)16-10(17)5-8-6-18-12(14)15-8/h2-4,6H,5H2,1H3,(H2,14,15)(H,16,17). The van der Waals surface area contributed by atoms with Gasteiger partial charge in [-0.05, 0) is 34.5 Å². The van der Waals surface area contributed by atoms with Crippen molar-refractivity contribution in [2.75, 3.05) is 11.1 Å². The predicted octanol–water partition coefficient (Wildman–Crippen LogP) is 2.98. The van der Waals surface area contributed by atoms with Gasteiger partial charge in [0, 0.05) is 9.85 Å². The Labute approximate surface area is 117 Å². The van der Waals surface area contributed by atoms with Gasteiger partial charge >= 0.3 is 0 Å². The monoisotopic (exact) mass is 325 g/mol. The van der Waals surface area contributed by atoms with Gasteiger partial charge in [-0.1, -0.05) is 12.1 Å². The van der Waals surface area contributed by atoms with Crippen LogP contribution in [-0.2, 0) is 11.2 Å². The summed E-state index contributed by atoms with van der Waals surface area (Å²) in [6.07, 6.45) is 0.230. The maximum absolute atomic E-state index is 11.8. The SMILES string of the molecule is Cc1cccc(NC(=O)Cc2csc(N)n2)c1Br. The minimum Gasteiger partial charge on any atom is -0.375 e. The number of anilines is 2. The molecular weight excluding hydrogens is 314 g/mol. The van der Waals surface area contributed by atoms with E-state index in [4.69, 9.17) is 5.73 Å². The highest BCUT2D eigenvalue weighted by atomic mass is 79.9. The molecule has 0 bridgehead atoms. The van der Waals surface area contributed by atoms with Crippen LogP contribution in [0.5, 0.6) is 0 Å². The van der Waals surface area contributed by atoms with Gasteiger partial charge in [-0.2, -0.15) is 0 Å². The maximum Gasteiger partial charge on any atom is 0.230 e. The zero-order chi connectivity index (χ0) is 13.1. The molecule has 0 aliphatic carbocycles. The van der Waals surface area contributed by atoms with Crippen LogP contribution in [-0.4, -0.2) is 10.9 Å². The second kappa shape index (κ2) is 5.49. The number of hydrogen-bond donors (Lipinski definition) is 2. The quantitative estimate of drug-likeness (QED) is 0.911. The molecule has 1 aromatic carbocycles. The number of nitrogen functional groups attached to an aromatic ring is 1. The summed E-state index contributed by atoms with van der Waals surface area (Å²) in [5, 5.41) is 5.12. The first-order valence-corrected chi connectivity index (χ1v) is 6.98. The third-order valence-corrected chi connectivity index (χ3v) is 4.15. The van der Waals surface area contributed by atoms with Gasteiger partial charge in [-0.25, -0.2) is 4.98 Å². The Kier molecular flexibility index (Phi) is 3.98. The van der Waals surface area contributed by atoms with Crippen molar-refractivity contribution in [1.82, 2.24) is 4.98 Å². The van der Waals surface area contributed by atoms with Crippen LogP contribution in [0, 0.1) is 6.92 Å². The van der Waals surface area contributed by atoms with E-state index in [1.165, 1.54) is 11.3 Å². The molecule has 0 radical (unpaired) electrons. The molecule has 0 unspecified atom stereocenters. The highest BCUT2D eigenvalue weighted by Gasteiger charge is 2.09. The molecule has 0 atom stereocenters. The van der Waals surface area contributed by atoms with Gasteiger partial charge in [0.05, 0.1) is 17.8 Å². The van der Waals surface area contributed by atoms with Gasteiger partial charge in [-0.15, -0.1) is 11.3 Å². The molecule has 0 aliphatic heterocycles. The van der Waals surface area contributed by atoms with Gasteiger partial charge in [0.25, 0.3) is 0 Å². The first-order chi connectivity index (χ1) is 8.56. The largest absolute Gasteiger partial charge is 0.375 e. The van der Waals surface area contributed by atoms with Crippen molar-refractivity contribution >= 4 is 44.0 Å². The van der Waals surface area contributed by atoms with Crippen molar-refractivity contribution in [3.63, 3.8) is 0 Å². The topological polar surface area (TPSA) is 68.0 Å². The van der Waals surface area contributed by atoms with Crippen molar-refractivity contribution in [3.05, 3.63) is 39.3 Å². The van der Waals surface area contributed by atoms with Crippen molar-refractivity contribution in [1.29, 1.82) is 0 Å². The van der Waals surface area contributed by atoms with Crippen molar-refractivity contribution in [2.24, 2.45) is 0 Å². The van der Waals surface area contributed by atoms with E-state index < -0.39 is 0 Å². The van der Waals surface area contributed by atoms with Crippen LogP contribution in [0.1, 0.15) is 11.3 Å². The summed E-state index contributed by atoms with van der Waals surface area (Å²) in [4.78, 5) is 15.9. The minimum absolute atomic E-state index is 0.105. The number of nitrogens with two attached hydrogens (primary N) is 1. The van der Waals surface area contributed by atoms with Crippen LogP contribution in [0.25, 0.3) is 0 Å². The highest BCUT2D eigenvalue weighted by molar-refractivity contribution is 9.10. The minimum atomic E-state index is -0.105. The van der Waals surface area contributed by atoms with E-state index >= 15 is 0 Å². The average Bonchev–Trinajstić information content (AvgIpc) is 2.70. The van der Waals surface area contributed by atoms with E-state index in [0.717, 1.165) is 15.7 Å². The second-order valence-corrected chi connectivity index (χ2v) is 5.52. The lowest BCUT2D eigenvalue weighted by atomic mass is 10.2. The molecule has 0 saturated heterocycles. The Morgan fingerprint density at radius 1 is 1.56 bits per heavy atom. The molecule has 1 amide bonds. The number of benzene rings is 1. The highest BCUT2D eigenvalue weighted by Crippen LogP contribution is 2.25. The molecule has 0 saturated carbocycles. The van der Waals surface area contributed by atoms with E-state index in [9.17, 15) is 4.79 Å². The van der Waals surface area contributed by atoms with E-state index in [2.05, 4.69) is 26.2 Å². The lowest BCUT2D eigenvalue weighted by Gasteiger charge is -2.08. The van der Waals surface area contributed by atoms with Crippen LogP contribution in [0.3, 0.4) is 0 Å².